The van der Waals surface area contributed by atoms with E-state index in [1.54, 1.807) is 23.1 Å². The molecule has 3 aromatic carbocycles. The van der Waals surface area contributed by atoms with Crippen molar-refractivity contribution < 1.29 is 19.1 Å². The maximum absolute atomic E-state index is 12.7. The number of nitrogens with zero attached hydrogens (tertiary/aromatic N) is 1. The number of ether oxygens (including phenoxy) is 1. The number of halogens is 2. The number of carbonyl (C=O) groups is 3. The third kappa shape index (κ3) is 5.02. The SMILES string of the molecule is CC1Cc2ccccc2N1C(=O)COC(=O)c1ccc(NC(=O)c2ccc(Cl)cc2Cl)cc1. The molecule has 1 heterocycles. The minimum atomic E-state index is -0.623. The Balaban J connectivity index is 1.35. The number of carbonyl (C=O) groups excluding carboxylic acids is 3. The first-order valence-corrected chi connectivity index (χ1v) is 11.0. The third-order valence-electron chi connectivity index (χ3n) is 5.36. The molecule has 0 saturated carbocycles. The Morgan fingerprint density at radius 1 is 1.03 bits per heavy atom. The average Bonchev–Trinajstić information content (AvgIpc) is 3.13. The zero-order valence-electron chi connectivity index (χ0n) is 17.7. The van der Waals surface area contributed by atoms with Crippen LogP contribution in [0.5, 0.6) is 0 Å². The van der Waals surface area contributed by atoms with E-state index in [-0.39, 0.29) is 34.7 Å². The van der Waals surface area contributed by atoms with Gasteiger partial charge in [-0.15, -0.1) is 0 Å². The van der Waals surface area contributed by atoms with Crippen LogP contribution in [-0.2, 0) is 16.0 Å². The summed E-state index contributed by atoms with van der Waals surface area (Å²) in [6.45, 7) is 1.61. The number of esters is 1. The van der Waals surface area contributed by atoms with E-state index in [2.05, 4.69) is 5.32 Å². The molecule has 0 aliphatic carbocycles. The number of anilines is 2. The smallest absolute Gasteiger partial charge is 0.338 e. The third-order valence-corrected chi connectivity index (χ3v) is 5.90. The summed E-state index contributed by atoms with van der Waals surface area (Å²) < 4.78 is 5.24. The molecule has 1 aliphatic rings. The van der Waals surface area contributed by atoms with Gasteiger partial charge in [0.05, 0.1) is 16.1 Å². The van der Waals surface area contributed by atoms with Gasteiger partial charge in [-0.2, -0.15) is 0 Å². The van der Waals surface area contributed by atoms with E-state index in [0.717, 1.165) is 17.7 Å². The number of benzene rings is 3. The van der Waals surface area contributed by atoms with Gasteiger partial charge in [-0.05, 0) is 67.4 Å². The van der Waals surface area contributed by atoms with Gasteiger partial charge in [-0.3, -0.25) is 9.59 Å². The van der Waals surface area contributed by atoms with Crippen LogP contribution >= 0.6 is 23.2 Å². The van der Waals surface area contributed by atoms with Gasteiger partial charge < -0.3 is 15.0 Å². The maximum Gasteiger partial charge on any atom is 0.338 e. The fourth-order valence-electron chi connectivity index (χ4n) is 3.79. The Hall–Kier alpha value is -3.35. The van der Waals surface area contributed by atoms with Crippen molar-refractivity contribution in [1.82, 2.24) is 0 Å². The molecule has 0 aromatic heterocycles. The Labute approximate surface area is 201 Å². The second-order valence-electron chi connectivity index (χ2n) is 7.68. The molecule has 0 saturated heterocycles. The van der Waals surface area contributed by atoms with Crippen LogP contribution in [0.15, 0.2) is 66.7 Å². The number of rotatable bonds is 5. The van der Waals surface area contributed by atoms with Gasteiger partial charge >= 0.3 is 5.97 Å². The zero-order valence-corrected chi connectivity index (χ0v) is 19.2. The highest BCUT2D eigenvalue weighted by molar-refractivity contribution is 6.37. The van der Waals surface area contributed by atoms with Crippen LogP contribution in [0.3, 0.4) is 0 Å². The predicted octanol–water partition coefficient (Wildman–Crippen LogP) is 5.38. The predicted molar refractivity (Wildman–Crippen MR) is 128 cm³/mol. The van der Waals surface area contributed by atoms with E-state index in [0.29, 0.717) is 10.7 Å². The number of hydrogen-bond acceptors (Lipinski definition) is 4. The number of amides is 2. The lowest BCUT2D eigenvalue weighted by Gasteiger charge is -2.22. The summed E-state index contributed by atoms with van der Waals surface area (Å²) in [6.07, 6.45) is 0.768. The van der Waals surface area contributed by atoms with Crippen molar-refractivity contribution in [2.45, 2.75) is 19.4 Å². The van der Waals surface area contributed by atoms with Crippen LogP contribution in [0, 0.1) is 0 Å². The summed E-state index contributed by atoms with van der Waals surface area (Å²) in [5.74, 6) is -1.30. The molecule has 1 atom stereocenters. The second-order valence-corrected chi connectivity index (χ2v) is 8.52. The molecule has 1 aliphatic heterocycles. The molecule has 0 fully saturated rings. The largest absolute Gasteiger partial charge is 0.452 e. The lowest BCUT2D eigenvalue weighted by atomic mass is 10.1. The topological polar surface area (TPSA) is 75.7 Å². The molecule has 0 radical (unpaired) electrons. The van der Waals surface area contributed by atoms with Gasteiger partial charge in [-0.1, -0.05) is 41.4 Å². The molecule has 1 unspecified atom stereocenters. The fourth-order valence-corrected chi connectivity index (χ4v) is 4.28. The zero-order chi connectivity index (χ0) is 23.5. The van der Waals surface area contributed by atoms with Crippen LogP contribution in [0.1, 0.15) is 33.2 Å². The molecule has 0 spiro atoms. The van der Waals surface area contributed by atoms with Crippen molar-refractivity contribution in [3.63, 3.8) is 0 Å². The molecule has 8 heteroatoms. The van der Waals surface area contributed by atoms with E-state index in [9.17, 15) is 14.4 Å². The van der Waals surface area contributed by atoms with Gasteiger partial charge in [0.15, 0.2) is 6.61 Å². The summed E-state index contributed by atoms with van der Waals surface area (Å²) in [4.78, 5) is 39.2. The Kier molecular flexibility index (Phi) is 6.67. The van der Waals surface area contributed by atoms with Crippen molar-refractivity contribution in [2.75, 3.05) is 16.8 Å². The molecular weight excluding hydrogens is 463 g/mol. The summed E-state index contributed by atoms with van der Waals surface area (Å²) in [7, 11) is 0. The number of hydrogen-bond donors (Lipinski definition) is 1. The number of nitrogens with one attached hydrogen (secondary N) is 1. The Morgan fingerprint density at radius 3 is 2.48 bits per heavy atom. The highest BCUT2D eigenvalue weighted by atomic mass is 35.5. The van der Waals surface area contributed by atoms with Crippen molar-refractivity contribution in [3.05, 3.63) is 93.5 Å². The molecular formula is C25H20Cl2N2O4. The first-order valence-electron chi connectivity index (χ1n) is 10.3. The standard InChI is InChI=1S/C25H20Cl2N2O4/c1-15-12-17-4-2-3-5-22(17)29(15)23(30)14-33-25(32)16-6-9-19(10-7-16)28-24(31)20-11-8-18(26)13-21(20)27/h2-11,13,15H,12,14H2,1H3,(H,28,31). The maximum atomic E-state index is 12.7. The summed E-state index contributed by atoms with van der Waals surface area (Å²) in [5.41, 5.74) is 2.97. The molecule has 0 bridgehead atoms. The quantitative estimate of drug-likeness (QED) is 0.495. The van der Waals surface area contributed by atoms with Crippen molar-refractivity contribution in [1.29, 1.82) is 0 Å². The van der Waals surface area contributed by atoms with Crippen LogP contribution < -0.4 is 10.2 Å². The summed E-state index contributed by atoms with van der Waals surface area (Å²) in [5, 5.41) is 3.37. The van der Waals surface area contributed by atoms with Gasteiger partial charge in [0.2, 0.25) is 0 Å². The normalized spacial score (nSPS) is 14.5. The van der Waals surface area contributed by atoms with E-state index in [1.165, 1.54) is 24.3 Å². The molecule has 33 heavy (non-hydrogen) atoms. The lowest BCUT2D eigenvalue weighted by molar-refractivity contribution is -0.122. The highest BCUT2D eigenvalue weighted by Gasteiger charge is 2.31. The average molecular weight is 483 g/mol. The lowest BCUT2D eigenvalue weighted by Crippen LogP contribution is -2.38. The first-order chi connectivity index (χ1) is 15.8. The van der Waals surface area contributed by atoms with E-state index >= 15 is 0 Å². The summed E-state index contributed by atoms with van der Waals surface area (Å²) in [6, 6.07) is 18.5. The monoisotopic (exact) mass is 482 g/mol. The van der Waals surface area contributed by atoms with Crippen molar-refractivity contribution in [2.24, 2.45) is 0 Å². The van der Waals surface area contributed by atoms with Crippen LogP contribution in [0.4, 0.5) is 11.4 Å². The van der Waals surface area contributed by atoms with Crippen LogP contribution in [-0.4, -0.2) is 30.4 Å². The fraction of sp³-hybridized carbons (Fsp3) is 0.160. The second kappa shape index (κ2) is 9.65. The van der Waals surface area contributed by atoms with E-state index in [4.69, 9.17) is 27.9 Å². The van der Waals surface area contributed by atoms with Gasteiger partial charge in [-0.25, -0.2) is 4.79 Å². The molecule has 4 rings (SSSR count). The van der Waals surface area contributed by atoms with E-state index in [1.807, 2.05) is 31.2 Å². The molecule has 168 valence electrons. The molecule has 3 aromatic rings. The van der Waals surface area contributed by atoms with E-state index < -0.39 is 11.9 Å². The van der Waals surface area contributed by atoms with Crippen molar-refractivity contribution in [3.8, 4) is 0 Å². The van der Waals surface area contributed by atoms with Gasteiger partial charge in [0, 0.05) is 22.4 Å². The highest BCUT2D eigenvalue weighted by Crippen LogP contribution is 2.31. The molecule has 6 nitrogen and oxygen atoms in total. The Morgan fingerprint density at radius 2 is 1.76 bits per heavy atom. The molecule has 2 amide bonds. The number of para-hydroxylation sites is 1. The Bertz CT molecular complexity index is 1230. The minimum absolute atomic E-state index is 0.00522. The first kappa shape index (κ1) is 22.8. The van der Waals surface area contributed by atoms with Gasteiger partial charge in [0.25, 0.3) is 11.8 Å². The summed E-state index contributed by atoms with van der Waals surface area (Å²) >= 11 is 11.9. The minimum Gasteiger partial charge on any atom is -0.452 e. The number of fused-ring (bicyclic) bond motifs is 1. The van der Waals surface area contributed by atoms with Crippen LogP contribution in [0.2, 0.25) is 10.0 Å². The van der Waals surface area contributed by atoms with Crippen molar-refractivity contribution >= 4 is 52.4 Å². The molecule has 1 N–H and O–H groups in total. The van der Waals surface area contributed by atoms with Crippen LogP contribution in [0.25, 0.3) is 0 Å². The van der Waals surface area contributed by atoms with Gasteiger partial charge in [0.1, 0.15) is 0 Å².